The Morgan fingerprint density at radius 1 is 1.08 bits per heavy atom. The number of rotatable bonds is 11. The van der Waals surface area contributed by atoms with Gasteiger partial charge >= 0.3 is 0 Å². The third kappa shape index (κ3) is 6.58. The van der Waals surface area contributed by atoms with Crippen molar-refractivity contribution < 1.29 is 22.4 Å². The number of hydrogen-bond donors (Lipinski definition) is 2. The quantitative estimate of drug-likeness (QED) is 0.269. The number of benzene rings is 3. The van der Waals surface area contributed by atoms with Crippen molar-refractivity contribution in [2.24, 2.45) is 0 Å². The summed E-state index contributed by atoms with van der Waals surface area (Å²) in [5, 5.41) is 3.28. The first kappa shape index (κ1) is 25.6. The minimum atomic E-state index is -3.88. The molecule has 1 unspecified atom stereocenters. The van der Waals surface area contributed by atoms with Gasteiger partial charge in [0.05, 0.1) is 23.4 Å². The standard InChI is InChI=1S/C26H27N3O5S2/c1-18(12-13-19-8-4-3-5-9-19)27-25(30)17-35-26-28-22-16-20(14-15-24(22)34-26)36(31,32)29-21-10-6-7-11-23(21)33-2/h3-11,14-16,18,29H,12-13,17H2,1-2H3,(H,27,30). The number of hydrogen-bond acceptors (Lipinski definition) is 7. The molecule has 0 spiro atoms. The van der Waals surface area contributed by atoms with Gasteiger partial charge in [0.25, 0.3) is 15.2 Å². The molecule has 1 aromatic heterocycles. The molecule has 3 aromatic carbocycles. The number of amides is 1. The van der Waals surface area contributed by atoms with E-state index in [0.29, 0.717) is 27.8 Å². The van der Waals surface area contributed by atoms with E-state index in [9.17, 15) is 13.2 Å². The fraction of sp³-hybridized carbons (Fsp3) is 0.231. The molecule has 1 heterocycles. The summed E-state index contributed by atoms with van der Waals surface area (Å²) < 4.78 is 39.2. The van der Waals surface area contributed by atoms with Crippen LogP contribution in [0.4, 0.5) is 5.69 Å². The van der Waals surface area contributed by atoms with Crippen molar-refractivity contribution in [1.29, 1.82) is 0 Å². The lowest BCUT2D eigenvalue weighted by Crippen LogP contribution is -2.34. The number of anilines is 1. The van der Waals surface area contributed by atoms with Crippen LogP contribution in [0.1, 0.15) is 18.9 Å². The van der Waals surface area contributed by atoms with Crippen molar-refractivity contribution in [3.05, 3.63) is 78.4 Å². The Morgan fingerprint density at radius 2 is 1.83 bits per heavy atom. The number of ether oxygens (including phenoxy) is 1. The molecule has 1 amide bonds. The van der Waals surface area contributed by atoms with E-state index >= 15 is 0 Å². The van der Waals surface area contributed by atoms with Crippen molar-refractivity contribution >= 4 is 44.5 Å². The first-order valence-electron chi connectivity index (χ1n) is 11.4. The number of fused-ring (bicyclic) bond motifs is 1. The molecule has 0 fully saturated rings. The summed E-state index contributed by atoms with van der Waals surface area (Å²) in [6.07, 6.45) is 1.72. The van der Waals surface area contributed by atoms with E-state index in [1.807, 2.05) is 25.1 Å². The minimum Gasteiger partial charge on any atom is -0.495 e. The highest BCUT2D eigenvalue weighted by Crippen LogP contribution is 2.29. The molecule has 0 aliphatic rings. The molecule has 0 saturated heterocycles. The highest BCUT2D eigenvalue weighted by Gasteiger charge is 2.19. The Hall–Kier alpha value is -3.50. The predicted octanol–water partition coefficient (Wildman–Crippen LogP) is 4.87. The number of aromatic nitrogens is 1. The highest BCUT2D eigenvalue weighted by molar-refractivity contribution is 7.99. The van der Waals surface area contributed by atoms with E-state index in [4.69, 9.17) is 9.15 Å². The van der Waals surface area contributed by atoms with Crippen LogP contribution in [-0.2, 0) is 21.2 Å². The maximum absolute atomic E-state index is 12.9. The van der Waals surface area contributed by atoms with Gasteiger partial charge in [-0.3, -0.25) is 9.52 Å². The predicted molar refractivity (Wildman–Crippen MR) is 141 cm³/mol. The lowest BCUT2D eigenvalue weighted by molar-refractivity contribution is -0.119. The molecule has 8 nitrogen and oxygen atoms in total. The van der Waals surface area contributed by atoms with Gasteiger partial charge in [-0.1, -0.05) is 54.2 Å². The lowest BCUT2D eigenvalue weighted by Gasteiger charge is -2.13. The third-order valence-corrected chi connectivity index (χ3v) is 7.64. The second-order valence-electron chi connectivity index (χ2n) is 8.20. The van der Waals surface area contributed by atoms with Gasteiger partial charge in [0.2, 0.25) is 5.91 Å². The van der Waals surface area contributed by atoms with Crippen molar-refractivity contribution in [3.63, 3.8) is 0 Å². The summed E-state index contributed by atoms with van der Waals surface area (Å²) in [6, 6.07) is 21.4. The Balaban J connectivity index is 1.35. The van der Waals surface area contributed by atoms with Crippen LogP contribution >= 0.6 is 11.8 Å². The number of nitrogens with one attached hydrogen (secondary N) is 2. The van der Waals surface area contributed by atoms with Crippen LogP contribution in [0.15, 0.2) is 87.3 Å². The number of carbonyl (C=O) groups is 1. The second kappa shape index (κ2) is 11.5. The number of carbonyl (C=O) groups excluding carboxylic acids is 1. The maximum Gasteiger partial charge on any atom is 0.262 e. The van der Waals surface area contributed by atoms with E-state index in [0.717, 1.165) is 24.6 Å². The van der Waals surface area contributed by atoms with Gasteiger partial charge in [-0.15, -0.1) is 0 Å². The summed E-state index contributed by atoms with van der Waals surface area (Å²) in [7, 11) is -2.40. The first-order valence-corrected chi connectivity index (χ1v) is 13.8. The molecule has 10 heteroatoms. The molecular formula is C26H27N3O5S2. The maximum atomic E-state index is 12.9. The summed E-state index contributed by atoms with van der Waals surface area (Å²) in [4.78, 5) is 16.8. The minimum absolute atomic E-state index is 0.0328. The van der Waals surface area contributed by atoms with Crippen molar-refractivity contribution in [2.45, 2.75) is 35.9 Å². The number of sulfonamides is 1. The van der Waals surface area contributed by atoms with Crippen LogP contribution in [-0.4, -0.2) is 38.2 Å². The number of aryl methyl sites for hydroxylation is 1. The summed E-state index contributed by atoms with van der Waals surface area (Å²) in [5.41, 5.74) is 2.39. The Morgan fingerprint density at radius 3 is 2.61 bits per heavy atom. The Kier molecular flexibility index (Phi) is 8.17. The smallest absolute Gasteiger partial charge is 0.262 e. The lowest BCUT2D eigenvalue weighted by atomic mass is 10.1. The average molecular weight is 526 g/mol. The van der Waals surface area contributed by atoms with Gasteiger partial charge < -0.3 is 14.5 Å². The molecule has 36 heavy (non-hydrogen) atoms. The van der Waals surface area contributed by atoms with Crippen molar-refractivity contribution in [2.75, 3.05) is 17.6 Å². The topological polar surface area (TPSA) is 111 Å². The molecule has 0 radical (unpaired) electrons. The number of nitrogens with zero attached hydrogens (tertiary/aromatic N) is 1. The van der Waals surface area contributed by atoms with Crippen LogP contribution in [0.25, 0.3) is 11.1 Å². The average Bonchev–Trinajstić information content (AvgIpc) is 3.29. The zero-order valence-corrected chi connectivity index (χ0v) is 21.6. The monoisotopic (exact) mass is 525 g/mol. The molecule has 188 valence electrons. The van der Waals surface area contributed by atoms with Crippen LogP contribution in [0, 0.1) is 0 Å². The Labute approximate surface area is 214 Å². The molecular weight excluding hydrogens is 498 g/mol. The molecule has 0 bridgehead atoms. The first-order chi connectivity index (χ1) is 17.3. The van der Waals surface area contributed by atoms with Crippen molar-refractivity contribution in [1.82, 2.24) is 10.3 Å². The van der Waals surface area contributed by atoms with Crippen LogP contribution < -0.4 is 14.8 Å². The SMILES string of the molecule is COc1ccccc1NS(=O)(=O)c1ccc2oc(SCC(=O)NC(C)CCc3ccccc3)nc2c1. The number of oxazole rings is 1. The van der Waals surface area contributed by atoms with Gasteiger partial charge in [0.15, 0.2) is 5.58 Å². The summed E-state index contributed by atoms with van der Waals surface area (Å²) >= 11 is 1.16. The van der Waals surface area contributed by atoms with Gasteiger partial charge in [-0.25, -0.2) is 13.4 Å². The number of methoxy groups -OCH3 is 1. The normalized spacial score (nSPS) is 12.3. The van der Waals surface area contributed by atoms with Gasteiger partial charge in [-0.05, 0) is 55.7 Å². The number of thioether (sulfide) groups is 1. The fourth-order valence-corrected chi connectivity index (χ4v) is 5.33. The third-order valence-electron chi connectivity index (χ3n) is 5.44. The van der Waals surface area contributed by atoms with E-state index in [-0.39, 0.29) is 22.6 Å². The number of para-hydroxylation sites is 2. The summed E-state index contributed by atoms with van der Waals surface area (Å²) in [6.45, 7) is 1.98. The van der Waals surface area contributed by atoms with Crippen LogP contribution in [0.5, 0.6) is 5.75 Å². The van der Waals surface area contributed by atoms with Gasteiger partial charge in [0, 0.05) is 6.04 Å². The molecule has 4 rings (SSSR count). The largest absolute Gasteiger partial charge is 0.495 e. The molecule has 4 aromatic rings. The van der Waals surface area contributed by atoms with Gasteiger partial charge in [0.1, 0.15) is 11.3 Å². The highest BCUT2D eigenvalue weighted by atomic mass is 32.2. The molecule has 1 atom stereocenters. The van der Waals surface area contributed by atoms with E-state index < -0.39 is 10.0 Å². The fourth-order valence-electron chi connectivity index (χ4n) is 3.59. The Bertz CT molecular complexity index is 1440. The molecule has 0 aliphatic carbocycles. The zero-order chi connectivity index (χ0) is 25.5. The molecule has 0 saturated carbocycles. The van der Waals surface area contributed by atoms with Gasteiger partial charge in [-0.2, -0.15) is 0 Å². The van der Waals surface area contributed by atoms with E-state index in [2.05, 4.69) is 27.2 Å². The second-order valence-corrected chi connectivity index (χ2v) is 10.8. The van der Waals surface area contributed by atoms with Crippen molar-refractivity contribution in [3.8, 4) is 5.75 Å². The molecule has 0 aliphatic heterocycles. The van der Waals surface area contributed by atoms with E-state index in [1.165, 1.54) is 24.8 Å². The van der Waals surface area contributed by atoms with Crippen LogP contribution in [0.3, 0.4) is 0 Å². The zero-order valence-electron chi connectivity index (χ0n) is 19.9. The van der Waals surface area contributed by atoms with Crippen LogP contribution in [0.2, 0.25) is 0 Å². The summed E-state index contributed by atoms with van der Waals surface area (Å²) in [5.74, 6) is 0.435. The molecule has 2 N–H and O–H groups in total. The van der Waals surface area contributed by atoms with E-state index in [1.54, 1.807) is 30.3 Å².